The van der Waals surface area contributed by atoms with Gasteiger partial charge in [0.2, 0.25) is 0 Å². The molecule has 11 heteroatoms. The average molecular weight is 592 g/mol. The molecule has 3 amide bonds. The lowest BCUT2D eigenvalue weighted by molar-refractivity contribution is 0.0416. The first-order chi connectivity index (χ1) is 20.6. The lowest BCUT2D eigenvalue weighted by atomic mass is 10.0. The minimum Gasteiger partial charge on any atom is -0.449 e. The number of nitrogens with zero attached hydrogens (tertiary/aromatic N) is 1. The molecule has 0 aromatic carbocycles. The molecule has 42 heavy (non-hydrogen) atoms. The largest absolute Gasteiger partial charge is 0.449 e. The van der Waals surface area contributed by atoms with Crippen LogP contribution in [0.5, 0.6) is 0 Å². The van der Waals surface area contributed by atoms with Gasteiger partial charge in [-0.25, -0.2) is 14.4 Å². The quantitative estimate of drug-likeness (QED) is 0.150. The van der Waals surface area contributed by atoms with Gasteiger partial charge in [0.25, 0.3) is 0 Å². The van der Waals surface area contributed by atoms with Gasteiger partial charge in [0.05, 0.1) is 33.0 Å². The fourth-order valence-corrected chi connectivity index (χ4v) is 6.80. The maximum atomic E-state index is 12.7. The van der Waals surface area contributed by atoms with Crippen molar-refractivity contribution in [2.24, 2.45) is 35.5 Å². The zero-order chi connectivity index (χ0) is 29.6. The smallest absolute Gasteiger partial charge is 0.409 e. The Hall–Kier alpha value is -2.71. The number of carbonyl (C=O) groups excluding carboxylic acids is 3. The van der Waals surface area contributed by atoms with E-state index in [1.165, 1.54) is 43.4 Å². The van der Waals surface area contributed by atoms with Gasteiger partial charge in [-0.15, -0.1) is 11.8 Å². The molecule has 4 rings (SSSR count). The number of carbonyl (C=O) groups is 3. The van der Waals surface area contributed by atoms with E-state index in [0.29, 0.717) is 48.7 Å². The van der Waals surface area contributed by atoms with E-state index in [2.05, 4.69) is 22.5 Å². The molecule has 0 aromatic rings. The number of amides is 3. The Morgan fingerprint density at radius 3 is 1.74 bits per heavy atom. The van der Waals surface area contributed by atoms with Crippen LogP contribution in [0.15, 0.2) is 0 Å². The van der Waals surface area contributed by atoms with Crippen LogP contribution in [0.4, 0.5) is 14.4 Å². The molecule has 0 saturated heterocycles. The first-order valence-electron chi connectivity index (χ1n) is 16.0. The minimum atomic E-state index is -0.585. The van der Waals surface area contributed by atoms with Crippen molar-refractivity contribution in [1.82, 2.24) is 15.5 Å². The van der Waals surface area contributed by atoms with Crippen LogP contribution in [-0.2, 0) is 18.9 Å². The van der Waals surface area contributed by atoms with E-state index in [1.807, 2.05) is 0 Å². The second-order valence-electron chi connectivity index (χ2n) is 11.9. The van der Waals surface area contributed by atoms with Crippen molar-refractivity contribution < 1.29 is 38.4 Å². The Bertz CT molecular complexity index is 881. The Kier molecular flexibility index (Phi) is 13.4. The highest BCUT2D eigenvalue weighted by Gasteiger charge is 2.50. The molecule has 0 heterocycles. The number of hydrogen-bond acceptors (Lipinski definition) is 8. The van der Waals surface area contributed by atoms with Gasteiger partial charge < -0.3 is 39.6 Å². The number of aliphatic hydroxyl groups is 1. The molecule has 236 valence electrons. The SMILES string of the molecule is O=C(NCCN(CCNC(=O)OCC1[C@H]2CCCCCC[C@@H]12)C(=O)OCCOCCO)OCC1[C@H]2CCC#CCC[C@@H]12. The van der Waals surface area contributed by atoms with Crippen LogP contribution >= 0.6 is 0 Å². The number of fused-ring (bicyclic) bond motifs is 2. The number of nitrogens with one attached hydrogen (secondary N) is 2. The number of rotatable bonds is 15. The van der Waals surface area contributed by atoms with Crippen LogP contribution in [0.25, 0.3) is 0 Å². The number of alkyl carbamates (subject to hydrolysis) is 2. The molecular weight excluding hydrogens is 542 g/mol. The van der Waals surface area contributed by atoms with Gasteiger partial charge in [0.15, 0.2) is 0 Å². The lowest BCUT2D eigenvalue weighted by Gasteiger charge is -2.22. The lowest BCUT2D eigenvalue weighted by Crippen LogP contribution is -2.43. The molecule has 6 atom stereocenters. The maximum Gasteiger partial charge on any atom is 0.409 e. The summed E-state index contributed by atoms with van der Waals surface area (Å²) in [6, 6.07) is 0. The predicted molar refractivity (Wildman–Crippen MR) is 154 cm³/mol. The molecule has 2 unspecified atom stereocenters. The van der Waals surface area contributed by atoms with Crippen molar-refractivity contribution in [3.05, 3.63) is 0 Å². The summed E-state index contributed by atoms with van der Waals surface area (Å²) in [5.41, 5.74) is 0. The van der Waals surface area contributed by atoms with E-state index in [4.69, 9.17) is 24.1 Å². The van der Waals surface area contributed by atoms with E-state index in [-0.39, 0.29) is 52.6 Å². The van der Waals surface area contributed by atoms with Crippen LogP contribution in [0.1, 0.15) is 64.2 Å². The van der Waals surface area contributed by atoms with Crippen molar-refractivity contribution >= 4 is 18.3 Å². The summed E-state index contributed by atoms with van der Waals surface area (Å²) >= 11 is 0. The third kappa shape index (κ3) is 10.5. The summed E-state index contributed by atoms with van der Waals surface area (Å²) in [5.74, 6) is 9.84. The standard InChI is InChI=1S/C31H49N3O8/c35-17-18-39-19-20-40-31(38)34(15-13-32-29(36)41-21-27-23-9-5-1-2-6-10-24(23)27)16-14-33-30(37)42-22-28-25-11-7-3-4-8-12-26(25)28/h23-28,35H,1-2,5-22H2,(H,32,36)(H,33,37)/t23-,24+,25-,26+,27?,28?. The first kappa shape index (κ1) is 32.2. The Balaban J connectivity index is 1.12. The third-order valence-corrected chi connectivity index (χ3v) is 9.24. The zero-order valence-electron chi connectivity index (χ0n) is 24.9. The van der Waals surface area contributed by atoms with Crippen LogP contribution in [0.2, 0.25) is 0 Å². The van der Waals surface area contributed by atoms with E-state index < -0.39 is 18.3 Å². The van der Waals surface area contributed by atoms with E-state index in [1.54, 1.807) is 0 Å². The second-order valence-corrected chi connectivity index (χ2v) is 11.9. The number of hydrogen-bond donors (Lipinski definition) is 3. The van der Waals surface area contributed by atoms with Crippen molar-refractivity contribution in [1.29, 1.82) is 0 Å². The Labute approximate surface area is 249 Å². The van der Waals surface area contributed by atoms with Crippen LogP contribution in [0.3, 0.4) is 0 Å². The third-order valence-electron chi connectivity index (χ3n) is 9.24. The zero-order valence-corrected chi connectivity index (χ0v) is 24.9. The van der Waals surface area contributed by atoms with Gasteiger partial charge in [0.1, 0.15) is 6.61 Å². The van der Waals surface area contributed by atoms with Crippen molar-refractivity contribution in [3.8, 4) is 11.8 Å². The van der Waals surface area contributed by atoms with Crippen molar-refractivity contribution in [2.45, 2.75) is 64.2 Å². The summed E-state index contributed by atoms with van der Waals surface area (Å²) in [4.78, 5) is 38.7. The fourth-order valence-electron chi connectivity index (χ4n) is 6.80. The highest BCUT2D eigenvalue weighted by molar-refractivity contribution is 5.69. The molecule has 4 aliphatic carbocycles. The van der Waals surface area contributed by atoms with Gasteiger partial charge in [-0.3, -0.25) is 0 Å². The molecule has 4 aliphatic rings. The maximum absolute atomic E-state index is 12.7. The van der Waals surface area contributed by atoms with Gasteiger partial charge in [-0.1, -0.05) is 25.7 Å². The number of aliphatic hydroxyl groups excluding tert-OH is 1. The second kappa shape index (κ2) is 17.4. The summed E-state index contributed by atoms with van der Waals surface area (Å²) < 4.78 is 21.4. The summed E-state index contributed by atoms with van der Waals surface area (Å²) in [6.07, 6.45) is 10.0. The monoisotopic (exact) mass is 591 g/mol. The molecule has 0 bridgehead atoms. The molecule has 3 N–H and O–H groups in total. The van der Waals surface area contributed by atoms with Gasteiger partial charge >= 0.3 is 18.3 Å². The predicted octanol–water partition coefficient (Wildman–Crippen LogP) is 3.54. The molecule has 11 nitrogen and oxygen atoms in total. The molecule has 0 radical (unpaired) electrons. The van der Waals surface area contributed by atoms with E-state index in [0.717, 1.165) is 25.7 Å². The molecule has 0 aliphatic heterocycles. The normalized spacial score (nSPS) is 27.5. The molecule has 0 spiro atoms. The molecule has 3 saturated carbocycles. The van der Waals surface area contributed by atoms with Crippen LogP contribution in [0, 0.1) is 47.3 Å². The van der Waals surface area contributed by atoms with Crippen molar-refractivity contribution in [2.75, 3.05) is 65.8 Å². The topological polar surface area (TPSA) is 136 Å². The summed E-state index contributed by atoms with van der Waals surface area (Å²) in [7, 11) is 0. The number of ether oxygens (including phenoxy) is 4. The highest BCUT2D eigenvalue weighted by atomic mass is 16.6. The Morgan fingerprint density at radius 2 is 1.21 bits per heavy atom. The van der Waals surface area contributed by atoms with Crippen LogP contribution in [-0.4, -0.2) is 94.1 Å². The van der Waals surface area contributed by atoms with Gasteiger partial charge in [0, 0.05) is 39.0 Å². The molecule has 0 aromatic heterocycles. The Morgan fingerprint density at radius 1 is 0.690 bits per heavy atom. The van der Waals surface area contributed by atoms with Gasteiger partial charge in [-0.05, 0) is 61.2 Å². The van der Waals surface area contributed by atoms with E-state index in [9.17, 15) is 14.4 Å². The minimum absolute atomic E-state index is 0.0265. The summed E-state index contributed by atoms with van der Waals surface area (Å²) in [6.45, 7) is 1.81. The molecule has 3 fully saturated rings. The highest BCUT2D eigenvalue weighted by Crippen LogP contribution is 2.53. The first-order valence-corrected chi connectivity index (χ1v) is 16.0. The fraction of sp³-hybridized carbons (Fsp3) is 0.839. The van der Waals surface area contributed by atoms with Gasteiger partial charge in [-0.2, -0.15) is 0 Å². The van der Waals surface area contributed by atoms with E-state index >= 15 is 0 Å². The van der Waals surface area contributed by atoms with Crippen LogP contribution < -0.4 is 10.6 Å². The van der Waals surface area contributed by atoms with Crippen molar-refractivity contribution in [3.63, 3.8) is 0 Å². The summed E-state index contributed by atoms with van der Waals surface area (Å²) in [5, 5.41) is 14.3. The molecular formula is C31H49N3O8. The average Bonchev–Trinajstić information content (AvgIpc) is 3.82.